The maximum atomic E-state index is 10.8. The molecule has 0 radical (unpaired) electrons. The van der Waals surface area contributed by atoms with Crippen molar-refractivity contribution in [2.75, 3.05) is 6.54 Å². The van der Waals surface area contributed by atoms with Crippen LogP contribution in [0.3, 0.4) is 0 Å². The molecule has 1 aromatic carbocycles. The highest BCUT2D eigenvalue weighted by Crippen LogP contribution is 2.11. The normalized spacial score (nSPS) is 10.6. The van der Waals surface area contributed by atoms with Crippen LogP contribution in [0.1, 0.15) is 19.4 Å². The minimum absolute atomic E-state index is 0.121. The van der Waals surface area contributed by atoms with E-state index in [-0.39, 0.29) is 30.5 Å². The van der Waals surface area contributed by atoms with Crippen molar-refractivity contribution < 1.29 is 34.5 Å². The number of nitrogens with one attached hydrogen (secondary N) is 2. The first kappa shape index (κ1) is 20.9. The van der Waals surface area contributed by atoms with Gasteiger partial charge in [0, 0.05) is 20.3 Å². The number of carbonyl (C=O) groups excluding carboxylic acids is 2. The van der Waals surface area contributed by atoms with Crippen molar-refractivity contribution in [2.24, 2.45) is 0 Å². The van der Waals surface area contributed by atoms with Crippen molar-refractivity contribution in [3.63, 3.8) is 0 Å². The summed E-state index contributed by atoms with van der Waals surface area (Å²) < 4.78 is 0. The lowest BCUT2D eigenvalue weighted by molar-refractivity contribution is -0.141. The molecule has 9 nitrogen and oxygen atoms in total. The van der Waals surface area contributed by atoms with Crippen LogP contribution in [0.2, 0.25) is 0 Å². The predicted octanol–water partition coefficient (Wildman–Crippen LogP) is -0.269. The van der Waals surface area contributed by atoms with Gasteiger partial charge in [-0.05, 0) is 17.7 Å². The van der Waals surface area contributed by atoms with Gasteiger partial charge >= 0.3 is 11.9 Å². The lowest BCUT2D eigenvalue weighted by Crippen LogP contribution is -2.41. The van der Waals surface area contributed by atoms with Gasteiger partial charge < -0.3 is 26.0 Å². The number of carboxylic acids is 2. The SMILES string of the molecule is CC(=O)NCC(=O)O.CC(=O)N[C@@H](Cc1ccc(O)cc1)C(=O)O. The third-order valence-electron chi connectivity index (χ3n) is 2.54. The fourth-order valence-corrected chi connectivity index (χ4v) is 1.51. The molecule has 9 heteroatoms. The molecule has 2 amide bonds. The van der Waals surface area contributed by atoms with Crippen molar-refractivity contribution in [1.29, 1.82) is 0 Å². The van der Waals surface area contributed by atoms with Crippen LogP contribution in [-0.2, 0) is 25.6 Å². The van der Waals surface area contributed by atoms with E-state index in [9.17, 15) is 19.2 Å². The first-order valence-electron chi connectivity index (χ1n) is 6.85. The lowest BCUT2D eigenvalue weighted by atomic mass is 10.1. The summed E-state index contributed by atoms with van der Waals surface area (Å²) in [5.74, 6) is -2.70. The molecule has 24 heavy (non-hydrogen) atoms. The Morgan fingerprint density at radius 2 is 1.54 bits per heavy atom. The van der Waals surface area contributed by atoms with Gasteiger partial charge in [0.2, 0.25) is 11.8 Å². The molecule has 0 heterocycles. The summed E-state index contributed by atoms with van der Waals surface area (Å²) in [7, 11) is 0. The first-order valence-corrected chi connectivity index (χ1v) is 6.85. The molecule has 0 unspecified atom stereocenters. The number of carbonyl (C=O) groups is 4. The molecule has 132 valence electrons. The average Bonchev–Trinajstić information content (AvgIpc) is 2.47. The number of benzene rings is 1. The van der Waals surface area contributed by atoms with E-state index in [0.29, 0.717) is 0 Å². The molecule has 0 bridgehead atoms. The molecule has 5 N–H and O–H groups in total. The van der Waals surface area contributed by atoms with E-state index < -0.39 is 18.0 Å². The molecule has 1 atom stereocenters. The molecule has 0 spiro atoms. The maximum absolute atomic E-state index is 10.8. The van der Waals surface area contributed by atoms with Gasteiger partial charge in [-0.1, -0.05) is 12.1 Å². The third-order valence-corrected chi connectivity index (χ3v) is 2.54. The third kappa shape index (κ3) is 10.6. The van der Waals surface area contributed by atoms with E-state index in [2.05, 4.69) is 10.6 Å². The van der Waals surface area contributed by atoms with Crippen LogP contribution in [0.15, 0.2) is 24.3 Å². The van der Waals surface area contributed by atoms with E-state index in [4.69, 9.17) is 15.3 Å². The molecule has 0 aromatic heterocycles. The molecule has 0 saturated heterocycles. The molecule has 1 aromatic rings. The Labute approximate surface area is 138 Å². The number of aliphatic carboxylic acids is 2. The summed E-state index contributed by atoms with van der Waals surface area (Å²) in [6.07, 6.45) is 0.190. The molecule has 0 fully saturated rings. The highest BCUT2D eigenvalue weighted by molar-refractivity contribution is 5.82. The Bertz CT molecular complexity index is 570. The highest BCUT2D eigenvalue weighted by atomic mass is 16.4. The average molecular weight is 340 g/mol. The smallest absolute Gasteiger partial charge is 0.326 e. The zero-order valence-electron chi connectivity index (χ0n) is 13.3. The van der Waals surface area contributed by atoms with Gasteiger partial charge in [0.15, 0.2) is 0 Å². The summed E-state index contributed by atoms with van der Waals surface area (Å²) in [5, 5.41) is 30.3. The van der Waals surface area contributed by atoms with Crippen molar-refractivity contribution in [3.8, 4) is 5.75 Å². The zero-order chi connectivity index (χ0) is 18.7. The van der Waals surface area contributed by atoms with Gasteiger partial charge in [-0.15, -0.1) is 0 Å². The van der Waals surface area contributed by atoms with Gasteiger partial charge in [-0.2, -0.15) is 0 Å². The second-order valence-corrected chi connectivity index (χ2v) is 4.77. The van der Waals surface area contributed by atoms with Crippen LogP contribution < -0.4 is 10.6 Å². The fraction of sp³-hybridized carbons (Fsp3) is 0.333. The maximum Gasteiger partial charge on any atom is 0.326 e. The number of hydrogen-bond acceptors (Lipinski definition) is 5. The van der Waals surface area contributed by atoms with Crippen LogP contribution in [0.5, 0.6) is 5.75 Å². The van der Waals surface area contributed by atoms with Crippen LogP contribution in [-0.4, -0.2) is 51.7 Å². The molecule has 0 saturated carbocycles. The number of phenols is 1. The largest absolute Gasteiger partial charge is 0.508 e. The Kier molecular flexibility index (Phi) is 9.23. The molecular weight excluding hydrogens is 320 g/mol. The Balaban J connectivity index is 0.000000561. The van der Waals surface area contributed by atoms with Crippen molar-refractivity contribution in [1.82, 2.24) is 10.6 Å². The Morgan fingerprint density at radius 3 is 1.88 bits per heavy atom. The molecule has 1 rings (SSSR count). The summed E-state index contributed by atoms with van der Waals surface area (Å²) >= 11 is 0. The van der Waals surface area contributed by atoms with Gasteiger partial charge in [-0.25, -0.2) is 4.79 Å². The van der Waals surface area contributed by atoms with Gasteiger partial charge in [0.1, 0.15) is 18.3 Å². The summed E-state index contributed by atoms with van der Waals surface area (Å²) in [4.78, 5) is 41.3. The second-order valence-electron chi connectivity index (χ2n) is 4.77. The number of rotatable bonds is 6. The minimum Gasteiger partial charge on any atom is -0.508 e. The van der Waals surface area contributed by atoms with Crippen LogP contribution in [0.4, 0.5) is 0 Å². The predicted molar refractivity (Wildman–Crippen MR) is 83.4 cm³/mol. The van der Waals surface area contributed by atoms with E-state index in [1.807, 2.05) is 0 Å². The van der Waals surface area contributed by atoms with E-state index in [1.165, 1.54) is 26.0 Å². The van der Waals surface area contributed by atoms with E-state index in [1.54, 1.807) is 12.1 Å². The van der Waals surface area contributed by atoms with Crippen LogP contribution in [0, 0.1) is 0 Å². The van der Waals surface area contributed by atoms with Gasteiger partial charge in [-0.3, -0.25) is 14.4 Å². The topological polar surface area (TPSA) is 153 Å². The van der Waals surface area contributed by atoms with Crippen molar-refractivity contribution >= 4 is 23.8 Å². The summed E-state index contributed by atoms with van der Waals surface area (Å²) in [6, 6.07) is 5.24. The quantitative estimate of drug-likeness (QED) is 0.478. The summed E-state index contributed by atoms with van der Waals surface area (Å²) in [6.45, 7) is 2.24. The monoisotopic (exact) mass is 340 g/mol. The Hall–Kier alpha value is -3.10. The van der Waals surface area contributed by atoms with Crippen molar-refractivity contribution in [2.45, 2.75) is 26.3 Å². The van der Waals surface area contributed by atoms with Gasteiger partial charge in [0.25, 0.3) is 0 Å². The highest BCUT2D eigenvalue weighted by Gasteiger charge is 2.18. The number of aromatic hydroxyl groups is 1. The fourth-order valence-electron chi connectivity index (χ4n) is 1.51. The molecule has 0 aliphatic heterocycles. The minimum atomic E-state index is -1.08. The van der Waals surface area contributed by atoms with Crippen molar-refractivity contribution in [3.05, 3.63) is 29.8 Å². The lowest BCUT2D eigenvalue weighted by Gasteiger charge is -2.13. The zero-order valence-corrected chi connectivity index (χ0v) is 13.3. The number of amides is 2. The number of phenolic OH excluding ortho intramolecular Hbond substituents is 1. The molecule has 0 aliphatic carbocycles. The first-order chi connectivity index (χ1) is 11.1. The Morgan fingerprint density at radius 1 is 1.00 bits per heavy atom. The summed E-state index contributed by atoms with van der Waals surface area (Å²) in [5.41, 5.74) is 0.735. The second kappa shape index (κ2) is 10.6. The number of carboxylic acid groups (broad SMARTS) is 2. The van der Waals surface area contributed by atoms with Crippen LogP contribution >= 0.6 is 0 Å². The standard InChI is InChI=1S/C11H13NO4.C4H7NO3/c1-7(13)12-10(11(15)16)6-8-2-4-9(14)5-3-8;1-3(6)5-2-4(7)8/h2-5,10,14H,6H2,1H3,(H,12,13)(H,15,16);2H2,1H3,(H,5,6)(H,7,8)/t10-;/m0./s1. The molecular formula is C15H20N2O7. The van der Waals surface area contributed by atoms with E-state index >= 15 is 0 Å². The molecule has 0 aliphatic rings. The van der Waals surface area contributed by atoms with Gasteiger partial charge in [0.05, 0.1) is 0 Å². The number of hydrogen-bond donors (Lipinski definition) is 5. The van der Waals surface area contributed by atoms with E-state index in [0.717, 1.165) is 5.56 Å². The van der Waals surface area contributed by atoms with Crippen LogP contribution in [0.25, 0.3) is 0 Å².